The lowest BCUT2D eigenvalue weighted by Crippen LogP contribution is -2.33. The standard InChI is InChI=1S/C17H21N3O4/c1-24-13-4-2-3-10(6-13)14-8-15(20-19-14)17(23)18-12-5-11(9-21)16(22)7-12/h2-4,6,8,11-12,16,21-22H,5,7,9H2,1H3,(H,18,23)(H,19,20)/t11-,12+,16+/m0/s1. The van der Waals surface area contributed by atoms with Crippen molar-refractivity contribution in [2.75, 3.05) is 13.7 Å². The predicted molar refractivity (Wildman–Crippen MR) is 87.6 cm³/mol. The Morgan fingerprint density at radius 2 is 2.25 bits per heavy atom. The van der Waals surface area contributed by atoms with Gasteiger partial charge in [-0.2, -0.15) is 5.10 Å². The van der Waals surface area contributed by atoms with E-state index in [-0.39, 0.29) is 24.5 Å². The van der Waals surface area contributed by atoms with Crippen LogP contribution in [0.25, 0.3) is 11.3 Å². The van der Waals surface area contributed by atoms with E-state index >= 15 is 0 Å². The van der Waals surface area contributed by atoms with Gasteiger partial charge in [0.15, 0.2) is 0 Å². The maximum Gasteiger partial charge on any atom is 0.269 e. The van der Waals surface area contributed by atoms with Gasteiger partial charge in [-0.1, -0.05) is 12.1 Å². The molecule has 24 heavy (non-hydrogen) atoms. The summed E-state index contributed by atoms with van der Waals surface area (Å²) in [6, 6.07) is 8.97. The van der Waals surface area contributed by atoms with E-state index in [0.29, 0.717) is 24.2 Å². The van der Waals surface area contributed by atoms with Gasteiger partial charge in [-0.15, -0.1) is 0 Å². The second-order valence-electron chi connectivity index (χ2n) is 6.05. The fourth-order valence-corrected chi connectivity index (χ4v) is 3.05. The number of amides is 1. The highest BCUT2D eigenvalue weighted by molar-refractivity contribution is 5.93. The van der Waals surface area contributed by atoms with E-state index in [0.717, 1.165) is 11.3 Å². The molecular formula is C17H21N3O4. The van der Waals surface area contributed by atoms with E-state index in [2.05, 4.69) is 15.5 Å². The molecule has 0 saturated heterocycles. The number of aliphatic hydroxyl groups is 2. The van der Waals surface area contributed by atoms with Crippen molar-refractivity contribution < 1.29 is 19.7 Å². The van der Waals surface area contributed by atoms with Crippen LogP contribution in [0.1, 0.15) is 23.3 Å². The van der Waals surface area contributed by atoms with Crippen LogP contribution in [0.15, 0.2) is 30.3 Å². The van der Waals surface area contributed by atoms with Crippen molar-refractivity contribution in [2.24, 2.45) is 5.92 Å². The number of benzene rings is 1. The van der Waals surface area contributed by atoms with E-state index in [1.165, 1.54) is 0 Å². The summed E-state index contributed by atoms with van der Waals surface area (Å²) in [4.78, 5) is 12.3. The van der Waals surface area contributed by atoms with Gasteiger partial charge in [0.25, 0.3) is 5.91 Å². The average Bonchev–Trinajstić information content (AvgIpc) is 3.21. The molecule has 1 aromatic carbocycles. The summed E-state index contributed by atoms with van der Waals surface area (Å²) in [6.07, 6.45) is 0.447. The number of hydrogen-bond donors (Lipinski definition) is 4. The first kappa shape index (κ1) is 16.5. The minimum absolute atomic E-state index is 0.0718. The number of carbonyl (C=O) groups is 1. The van der Waals surface area contributed by atoms with Crippen molar-refractivity contribution in [1.82, 2.24) is 15.5 Å². The number of nitrogens with one attached hydrogen (secondary N) is 2. The van der Waals surface area contributed by atoms with Crippen molar-refractivity contribution in [2.45, 2.75) is 25.0 Å². The molecule has 3 rings (SSSR count). The number of aliphatic hydroxyl groups excluding tert-OH is 2. The molecule has 1 aliphatic rings. The van der Waals surface area contributed by atoms with Gasteiger partial charge >= 0.3 is 0 Å². The Labute approximate surface area is 139 Å². The smallest absolute Gasteiger partial charge is 0.269 e. The summed E-state index contributed by atoms with van der Waals surface area (Å²) < 4.78 is 5.19. The van der Waals surface area contributed by atoms with Gasteiger partial charge in [0, 0.05) is 24.1 Å². The van der Waals surface area contributed by atoms with Crippen molar-refractivity contribution in [1.29, 1.82) is 0 Å². The number of carbonyl (C=O) groups excluding carboxylic acids is 1. The first-order chi connectivity index (χ1) is 11.6. The van der Waals surface area contributed by atoms with E-state index in [1.807, 2.05) is 24.3 Å². The number of H-pyrrole nitrogens is 1. The molecule has 0 radical (unpaired) electrons. The molecule has 1 aromatic heterocycles. The summed E-state index contributed by atoms with van der Waals surface area (Å²) in [5, 5.41) is 28.8. The number of methoxy groups -OCH3 is 1. The molecule has 7 nitrogen and oxygen atoms in total. The fraction of sp³-hybridized carbons (Fsp3) is 0.412. The van der Waals surface area contributed by atoms with Crippen LogP contribution in [-0.2, 0) is 0 Å². The number of ether oxygens (including phenoxy) is 1. The molecule has 3 atom stereocenters. The van der Waals surface area contributed by atoms with Crippen LogP contribution in [-0.4, -0.2) is 52.2 Å². The van der Waals surface area contributed by atoms with Crippen LogP contribution in [0, 0.1) is 5.92 Å². The Morgan fingerprint density at radius 1 is 1.42 bits per heavy atom. The maximum atomic E-state index is 12.3. The first-order valence-electron chi connectivity index (χ1n) is 7.90. The molecule has 0 unspecified atom stereocenters. The molecule has 0 aliphatic heterocycles. The Balaban J connectivity index is 1.68. The van der Waals surface area contributed by atoms with Crippen LogP contribution in [0.3, 0.4) is 0 Å². The lowest BCUT2D eigenvalue weighted by molar-refractivity contribution is 0.0902. The summed E-state index contributed by atoms with van der Waals surface area (Å²) >= 11 is 0. The molecule has 0 bridgehead atoms. The molecule has 1 saturated carbocycles. The molecule has 0 spiro atoms. The first-order valence-corrected chi connectivity index (χ1v) is 7.90. The summed E-state index contributed by atoms with van der Waals surface area (Å²) in [5.41, 5.74) is 1.86. The van der Waals surface area contributed by atoms with E-state index in [9.17, 15) is 15.0 Å². The molecule has 4 N–H and O–H groups in total. The second-order valence-corrected chi connectivity index (χ2v) is 6.05. The molecule has 2 aromatic rings. The topological polar surface area (TPSA) is 107 Å². The molecule has 7 heteroatoms. The maximum absolute atomic E-state index is 12.3. The van der Waals surface area contributed by atoms with Crippen molar-refractivity contribution in [3.8, 4) is 17.0 Å². The van der Waals surface area contributed by atoms with Gasteiger partial charge in [-0.25, -0.2) is 0 Å². The molecule has 1 fully saturated rings. The van der Waals surface area contributed by atoms with Gasteiger partial charge in [0.1, 0.15) is 11.4 Å². The number of hydrogen-bond acceptors (Lipinski definition) is 5. The fourth-order valence-electron chi connectivity index (χ4n) is 3.05. The SMILES string of the molecule is COc1cccc(-c2cc(C(=O)N[C@@H]3C[C@@H](CO)[C@H](O)C3)[nH]n2)c1. The Morgan fingerprint density at radius 3 is 2.96 bits per heavy atom. The van der Waals surface area contributed by atoms with Gasteiger partial charge in [-0.05, 0) is 31.0 Å². The molecule has 128 valence electrons. The number of aromatic nitrogens is 2. The minimum atomic E-state index is -0.575. The lowest BCUT2D eigenvalue weighted by Gasteiger charge is -2.11. The van der Waals surface area contributed by atoms with Crippen LogP contribution in [0.5, 0.6) is 5.75 Å². The lowest BCUT2D eigenvalue weighted by atomic mass is 10.1. The Hall–Kier alpha value is -2.38. The predicted octanol–water partition coefficient (Wildman–Crippen LogP) is 0.947. The van der Waals surface area contributed by atoms with Crippen molar-refractivity contribution >= 4 is 5.91 Å². The highest BCUT2D eigenvalue weighted by Gasteiger charge is 2.33. The number of nitrogens with zero attached hydrogens (tertiary/aromatic N) is 1. The average molecular weight is 331 g/mol. The summed E-state index contributed by atoms with van der Waals surface area (Å²) in [7, 11) is 1.60. The van der Waals surface area contributed by atoms with Gasteiger partial charge in [0.2, 0.25) is 0 Å². The second kappa shape index (κ2) is 7.02. The summed E-state index contributed by atoms with van der Waals surface area (Å²) in [6.45, 7) is -0.0718. The Bertz CT molecular complexity index is 715. The monoisotopic (exact) mass is 331 g/mol. The van der Waals surface area contributed by atoms with Crippen LogP contribution < -0.4 is 10.1 Å². The third-order valence-corrected chi connectivity index (χ3v) is 4.42. The van der Waals surface area contributed by atoms with Crippen molar-refractivity contribution in [3.63, 3.8) is 0 Å². The zero-order valence-corrected chi connectivity index (χ0v) is 13.4. The summed E-state index contributed by atoms with van der Waals surface area (Å²) in [5.74, 6) is 0.272. The van der Waals surface area contributed by atoms with Crippen LogP contribution in [0.4, 0.5) is 0 Å². The third-order valence-electron chi connectivity index (χ3n) is 4.42. The molecule has 1 amide bonds. The largest absolute Gasteiger partial charge is 0.497 e. The van der Waals surface area contributed by atoms with Gasteiger partial charge in [-0.3, -0.25) is 9.89 Å². The van der Waals surface area contributed by atoms with E-state index in [1.54, 1.807) is 13.2 Å². The molecular weight excluding hydrogens is 310 g/mol. The van der Waals surface area contributed by atoms with Crippen LogP contribution >= 0.6 is 0 Å². The van der Waals surface area contributed by atoms with Gasteiger partial charge < -0.3 is 20.3 Å². The van der Waals surface area contributed by atoms with Crippen LogP contribution in [0.2, 0.25) is 0 Å². The highest BCUT2D eigenvalue weighted by Crippen LogP contribution is 2.26. The minimum Gasteiger partial charge on any atom is -0.497 e. The van der Waals surface area contributed by atoms with E-state index in [4.69, 9.17) is 4.74 Å². The zero-order chi connectivity index (χ0) is 17.1. The van der Waals surface area contributed by atoms with E-state index < -0.39 is 6.10 Å². The van der Waals surface area contributed by atoms with Gasteiger partial charge in [0.05, 0.1) is 18.9 Å². The normalized spacial score (nSPS) is 23.2. The Kier molecular flexibility index (Phi) is 4.82. The van der Waals surface area contributed by atoms with Crippen molar-refractivity contribution in [3.05, 3.63) is 36.0 Å². The quantitative estimate of drug-likeness (QED) is 0.652. The number of rotatable bonds is 5. The highest BCUT2D eigenvalue weighted by atomic mass is 16.5. The molecule has 1 heterocycles. The molecule has 1 aliphatic carbocycles. The number of aromatic amines is 1. The third kappa shape index (κ3) is 3.42. The zero-order valence-electron chi connectivity index (χ0n) is 13.4.